The van der Waals surface area contributed by atoms with Crippen LogP contribution in [0.25, 0.3) is 5.57 Å². The fourth-order valence-electron chi connectivity index (χ4n) is 2.70. The van der Waals surface area contributed by atoms with Crippen LogP contribution in [0.1, 0.15) is 23.1 Å². The zero-order valence-electron chi connectivity index (χ0n) is 11.8. The van der Waals surface area contributed by atoms with Crippen molar-refractivity contribution < 1.29 is 9.13 Å². The molecule has 0 spiro atoms. The molecule has 2 aromatic carbocycles. The molecule has 2 N–H and O–H groups in total. The lowest BCUT2D eigenvalue weighted by atomic mass is 9.91. The summed E-state index contributed by atoms with van der Waals surface area (Å²) in [7, 11) is 0. The lowest BCUT2D eigenvalue weighted by molar-refractivity contribution is 0.439. The first-order valence-electron chi connectivity index (χ1n) is 7.16. The monoisotopic (exact) mass is 283 g/mol. The van der Waals surface area contributed by atoms with E-state index in [4.69, 9.17) is 10.5 Å². The highest BCUT2D eigenvalue weighted by atomic mass is 19.1. The van der Waals surface area contributed by atoms with Gasteiger partial charge in [-0.25, -0.2) is 4.39 Å². The Labute approximate surface area is 124 Å². The Bertz CT molecular complexity index is 679. The molecule has 1 aliphatic carbocycles. The first-order chi connectivity index (χ1) is 10.3. The molecule has 0 aromatic heterocycles. The van der Waals surface area contributed by atoms with Crippen LogP contribution in [-0.4, -0.2) is 6.54 Å². The predicted octanol–water partition coefficient (Wildman–Crippen LogP) is 4.24. The summed E-state index contributed by atoms with van der Waals surface area (Å²) in [5.41, 5.74) is 9.98. The van der Waals surface area contributed by atoms with Gasteiger partial charge in [-0.3, -0.25) is 0 Å². The number of hydrogen-bond donors (Lipinski definition) is 1. The number of rotatable bonds is 4. The zero-order valence-corrected chi connectivity index (χ0v) is 11.8. The summed E-state index contributed by atoms with van der Waals surface area (Å²) in [6.07, 6.45) is 4.19. The minimum Gasteiger partial charge on any atom is -0.457 e. The maximum absolute atomic E-state index is 13.0. The number of fused-ring (bicyclic) bond motifs is 1. The van der Waals surface area contributed by atoms with Crippen molar-refractivity contribution in [1.29, 1.82) is 0 Å². The highest BCUT2D eigenvalue weighted by molar-refractivity contribution is 5.72. The van der Waals surface area contributed by atoms with Gasteiger partial charge < -0.3 is 10.5 Å². The van der Waals surface area contributed by atoms with Crippen LogP contribution in [0.15, 0.2) is 48.5 Å². The number of nitrogens with two attached hydrogens (primary N) is 1. The highest BCUT2D eigenvalue weighted by Gasteiger charge is 2.13. The first kappa shape index (κ1) is 13.8. The van der Waals surface area contributed by atoms with Crippen LogP contribution in [0.4, 0.5) is 4.39 Å². The molecule has 0 fully saturated rings. The van der Waals surface area contributed by atoms with Gasteiger partial charge in [0, 0.05) is 12.1 Å². The molecule has 2 nitrogen and oxygen atoms in total. The largest absolute Gasteiger partial charge is 0.457 e. The summed E-state index contributed by atoms with van der Waals surface area (Å²) in [6.45, 7) is 0.0268. The molecule has 0 saturated heterocycles. The average molecular weight is 283 g/mol. The van der Waals surface area contributed by atoms with E-state index in [0.29, 0.717) is 17.9 Å². The number of alkyl halides is 1. The third kappa shape index (κ3) is 2.83. The Morgan fingerprint density at radius 3 is 2.81 bits per heavy atom. The maximum atomic E-state index is 13.0. The van der Waals surface area contributed by atoms with Gasteiger partial charge >= 0.3 is 0 Å². The zero-order chi connectivity index (χ0) is 14.7. The Hall–Kier alpha value is -2.13. The van der Waals surface area contributed by atoms with Crippen molar-refractivity contribution in [2.45, 2.75) is 19.5 Å². The van der Waals surface area contributed by atoms with E-state index in [1.54, 1.807) is 12.1 Å². The highest BCUT2D eigenvalue weighted by Crippen LogP contribution is 2.32. The molecule has 3 heteroatoms. The standard InChI is InChI=1S/C18H18FNO/c19-11-14-4-1-2-7-18(14)21-16-8-9-17-13(10-16)5-3-6-15(17)12-20/h1-2,4,6-10H,3,5,11-12,20H2. The Kier molecular flexibility index (Phi) is 4.02. The van der Waals surface area contributed by atoms with E-state index in [9.17, 15) is 4.39 Å². The molecule has 3 rings (SSSR count). The molecular formula is C18H18FNO. The Morgan fingerprint density at radius 2 is 2.00 bits per heavy atom. The molecular weight excluding hydrogens is 265 g/mol. The molecule has 0 atom stereocenters. The second-order valence-electron chi connectivity index (χ2n) is 5.13. The van der Waals surface area contributed by atoms with Gasteiger partial charge in [0.25, 0.3) is 0 Å². The number of para-hydroxylation sites is 1. The summed E-state index contributed by atoms with van der Waals surface area (Å²) in [5, 5.41) is 0. The van der Waals surface area contributed by atoms with Crippen molar-refractivity contribution in [2.75, 3.05) is 6.54 Å². The fraction of sp³-hybridized carbons (Fsp3) is 0.222. The van der Waals surface area contributed by atoms with Crippen LogP contribution >= 0.6 is 0 Å². The molecule has 0 heterocycles. The van der Waals surface area contributed by atoms with Crippen LogP contribution in [0.2, 0.25) is 0 Å². The van der Waals surface area contributed by atoms with Crippen LogP contribution in [0.5, 0.6) is 11.5 Å². The summed E-state index contributed by atoms with van der Waals surface area (Å²) >= 11 is 0. The van der Waals surface area contributed by atoms with Crippen molar-refractivity contribution in [3.8, 4) is 11.5 Å². The van der Waals surface area contributed by atoms with Crippen molar-refractivity contribution in [1.82, 2.24) is 0 Å². The molecule has 0 unspecified atom stereocenters. The number of hydrogen-bond acceptors (Lipinski definition) is 2. The summed E-state index contributed by atoms with van der Waals surface area (Å²) < 4.78 is 18.8. The van der Waals surface area contributed by atoms with Gasteiger partial charge in [0.05, 0.1) is 0 Å². The second-order valence-corrected chi connectivity index (χ2v) is 5.13. The van der Waals surface area contributed by atoms with Gasteiger partial charge in [0.1, 0.15) is 18.2 Å². The van der Waals surface area contributed by atoms with Crippen LogP contribution in [0, 0.1) is 0 Å². The van der Waals surface area contributed by atoms with Crippen LogP contribution in [-0.2, 0) is 13.1 Å². The SMILES string of the molecule is NCC1=CCCc2cc(Oc3ccccc3CF)ccc21. The van der Waals surface area contributed by atoms with Gasteiger partial charge in [0.2, 0.25) is 0 Å². The Morgan fingerprint density at radius 1 is 1.14 bits per heavy atom. The van der Waals surface area contributed by atoms with E-state index in [-0.39, 0.29) is 0 Å². The minimum atomic E-state index is -0.527. The third-order valence-electron chi connectivity index (χ3n) is 3.79. The molecule has 0 saturated carbocycles. The third-order valence-corrected chi connectivity index (χ3v) is 3.79. The normalized spacial score (nSPS) is 13.5. The topological polar surface area (TPSA) is 35.2 Å². The van der Waals surface area contributed by atoms with Crippen LogP contribution < -0.4 is 10.5 Å². The predicted molar refractivity (Wildman–Crippen MR) is 83.1 cm³/mol. The second kappa shape index (κ2) is 6.10. The smallest absolute Gasteiger partial charge is 0.133 e. The minimum absolute atomic E-state index is 0.527. The van der Waals surface area contributed by atoms with Crippen molar-refractivity contribution >= 4 is 5.57 Å². The number of allylic oxidation sites excluding steroid dienone is 1. The molecule has 21 heavy (non-hydrogen) atoms. The number of benzene rings is 2. The van der Waals surface area contributed by atoms with Crippen LogP contribution in [0.3, 0.4) is 0 Å². The van der Waals surface area contributed by atoms with Crippen molar-refractivity contribution in [3.05, 3.63) is 65.2 Å². The van der Waals surface area contributed by atoms with E-state index in [1.807, 2.05) is 30.3 Å². The molecule has 1 aliphatic rings. The van der Waals surface area contributed by atoms with E-state index in [2.05, 4.69) is 6.08 Å². The fourth-order valence-corrected chi connectivity index (χ4v) is 2.70. The number of halogens is 1. The summed E-state index contributed by atoms with van der Waals surface area (Å²) in [5.74, 6) is 1.32. The van der Waals surface area contributed by atoms with Gasteiger partial charge in [0.15, 0.2) is 0 Å². The van der Waals surface area contributed by atoms with Gasteiger partial charge in [-0.2, -0.15) is 0 Å². The van der Waals surface area contributed by atoms with Gasteiger partial charge in [-0.05, 0) is 47.7 Å². The van der Waals surface area contributed by atoms with E-state index in [0.717, 1.165) is 18.6 Å². The average Bonchev–Trinajstić information content (AvgIpc) is 2.54. The molecule has 2 aromatic rings. The van der Waals surface area contributed by atoms with E-state index < -0.39 is 6.67 Å². The Balaban J connectivity index is 1.90. The number of aryl methyl sites for hydroxylation is 1. The molecule has 0 bridgehead atoms. The molecule has 0 aliphatic heterocycles. The molecule has 0 radical (unpaired) electrons. The molecule has 0 amide bonds. The maximum Gasteiger partial charge on any atom is 0.133 e. The van der Waals surface area contributed by atoms with Gasteiger partial charge in [-0.1, -0.05) is 30.3 Å². The number of ether oxygens (including phenoxy) is 1. The van der Waals surface area contributed by atoms with Crippen molar-refractivity contribution in [3.63, 3.8) is 0 Å². The summed E-state index contributed by atoms with van der Waals surface area (Å²) in [6, 6.07) is 13.2. The van der Waals surface area contributed by atoms with E-state index in [1.165, 1.54) is 16.7 Å². The lowest BCUT2D eigenvalue weighted by Gasteiger charge is -2.18. The summed E-state index contributed by atoms with van der Waals surface area (Å²) in [4.78, 5) is 0. The van der Waals surface area contributed by atoms with Crippen molar-refractivity contribution in [2.24, 2.45) is 5.73 Å². The van der Waals surface area contributed by atoms with E-state index >= 15 is 0 Å². The lowest BCUT2D eigenvalue weighted by Crippen LogP contribution is -2.08. The first-order valence-corrected chi connectivity index (χ1v) is 7.16. The quantitative estimate of drug-likeness (QED) is 0.911. The van der Waals surface area contributed by atoms with Gasteiger partial charge in [-0.15, -0.1) is 0 Å². The molecule has 108 valence electrons.